The van der Waals surface area contributed by atoms with Gasteiger partial charge in [0.15, 0.2) is 0 Å². The first-order chi connectivity index (χ1) is 17.9. The van der Waals surface area contributed by atoms with Crippen LogP contribution in [0.1, 0.15) is 98.3 Å². The predicted molar refractivity (Wildman–Crippen MR) is 158 cm³/mol. The fourth-order valence-corrected chi connectivity index (χ4v) is 10.3. The minimum atomic E-state index is -2.72. The molecule has 2 atom stereocenters. The number of benzene rings is 2. The number of cyclic esters (lactones) is 1. The van der Waals surface area contributed by atoms with Gasteiger partial charge in [-0.05, 0) is 27.9 Å². The maximum absolute atomic E-state index is 12.0. The largest absolute Gasteiger partial charge is 0.452 e. The molecule has 0 amide bonds. The molecule has 0 fully saturated rings. The Balaban J connectivity index is 1.76. The molecule has 0 aromatic heterocycles. The number of rotatable bonds is 16. The van der Waals surface area contributed by atoms with E-state index in [0.29, 0.717) is 0 Å². The molecule has 1 heterocycles. The van der Waals surface area contributed by atoms with Crippen molar-refractivity contribution in [2.24, 2.45) is 0 Å². The smallest absolute Gasteiger partial charge is 0.331 e. The third-order valence-electron chi connectivity index (χ3n) is 7.63. The average Bonchev–Trinajstić information content (AvgIpc) is 3.33. The molecule has 3 nitrogen and oxygen atoms in total. The van der Waals surface area contributed by atoms with E-state index in [1.165, 1.54) is 68.2 Å². The van der Waals surface area contributed by atoms with Crippen LogP contribution in [0.15, 0.2) is 72.8 Å². The van der Waals surface area contributed by atoms with Crippen molar-refractivity contribution in [3.63, 3.8) is 0 Å². The summed E-state index contributed by atoms with van der Waals surface area (Å²) in [5.74, 6) is -0.260. The minimum Gasteiger partial charge on any atom is -0.452 e. The summed E-state index contributed by atoms with van der Waals surface area (Å²) in [5, 5.41) is 2.41. The average molecular weight is 521 g/mol. The maximum Gasteiger partial charge on any atom is 0.331 e. The number of hydrogen-bond acceptors (Lipinski definition) is 3. The Morgan fingerprint density at radius 3 is 1.70 bits per heavy atom. The molecule has 0 saturated heterocycles. The number of hydrogen-bond donors (Lipinski definition) is 0. The summed E-state index contributed by atoms with van der Waals surface area (Å²) >= 11 is 0. The number of ether oxygens (including phenoxy) is 1. The monoisotopic (exact) mass is 520 g/mol. The molecule has 0 radical (unpaired) electrons. The van der Waals surface area contributed by atoms with Crippen LogP contribution in [0, 0.1) is 0 Å². The van der Waals surface area contributed by atoms with E-state index in [9.17, 15) is 4.79 Å². The molecule has 1 aliphatic heterocycles. The second-order valence-electron chi connectivity index (χ2n) is 11.6. The van der Waals surface area contributed by atoms with E-state index in [1.54, 1.807) is 6.08 Å². The molecule has 37 heavy (non-hydrogen) atoms. The Bertz CT molecular complexity index is 909. The molecule has 2 aromatic rings. The molecule has 3 rings (SSSR count). The Morgan fingerprint density at radius 1 is 0.784 bits per heavy atom. The van der Waals surface area contributed by atoms with Crippen molar-refractivity contribution in [2.45, 2.75) is 116 Å². The van der Waals surface area contributed by atoms with Gasteiger partial charge in [-0.25, -0.2) is 4.79 Å². The summed E-state index contributed by atoms with van der Waals surface area (Å²) in [6.07, 6.45) is 16.9. The summed E-state index contributed by atoms with van der Waals surface area (Å²) in [6, 6.07) is 21.5. The zero-order valence-corrected chi connectivity index (χ0v) is 24.6. The van der Waals surface area contributed by atoms with Crippen LogP contribution in [0.25, 0.3) is 0 Å². The zero-order chi connectivity index (χ0) is 26.6. The van der Waals surface area contributed by atoms with E-state index < -0.39 is 8.32 Å². The molecule has 2 aromatic carbocycles. The lowest BCUT2D eigenvalue weighted by Crippen LogP contribution is -2.68. The molecule has 0 saturated carbocycles. The topological polar surface area (TPSA) is 35.5 Å². The van der Waals surface area contributed by atoms with Gasteiger partial charge in [0.25, 0.3) is 8.32 Å². The number of carbonyl (C=O) groups is 1. The van der Waals surface area contributed by atoms with Gasteiger partial charge < -0.3 is 9.16 Å². The molecular formula is C33H48O3Si. The summed E-state index contributed by atoms with van der Waals surface area (Å²) in [6.45, 7) is 9.17. The Hall–Kier alpha value is -2.17. The lowest BCUT2D eigenvalue weighted by molar-refractivity contribution is -0.142. The first kappa shape index (κ1) is 29.4. The van der Waals surface area contributed by atoms with Crippen molar-refractivity contribution in [1.82, 2.24) is 0 Å². The SMILES string of the molecule is CCCCCCCCCCCC[C@@H](O[Si](c1ccccc1)(c1ccccc1)C(C)(C)C)[C@H]1C=CC(=O)O1. The van der Waals surface area contributed by atoms with Crippen molar-refractivity contribution in [3.8, 4) is 0 Å². The van der Waals surface area contributed by atoms with Crippen LogP contribution in [-0.4, -0.2) is 26.5 Å². The van der Waals surface area contributed by atoms with E-state index in [1.807, 2.05) is 6.08 Å². The fourth-order valence-electron chi connectivity index (χ4n) is 5.63. The maximum atomic E-state index is 12.0. The van der Waals surface area contributed by atoms with E-state index in [4.69, 9.17) is 9.16 Å². The highest BCUT2D eigenvalue weighted by Gasteiger charge is 2.52. The highest BCUT2D eigenvalue weighted by atomic mass is 28.4. The van der Waals surface area contributed by atoms with Gasteiger partial charge in [0, 0.05) is 6.08 Å². The molecule has 0 unspecified atom stereocenters. The number of carbonyl (C=O) groups excluding carboxylic acids is 1. The van der Waals surface area contributed by atoms with E-state index in [0.717, 1.165) is 12.8 Å². The first-order valence-electron chi connectivity index (χ1n) is 14.6. The highest BCUT2D eigenvalue weighted by molar-refractivity contribution is 6.99. The van der Waals surface area contributed by atoms with Gasteiger partial charge in [-0.1, -0.05) is 153 Å². The molecule has 4 heteroatoms. The highest BCUT2D eigenvalue weighted by Crippen LogP contribution is 2.39. The van der Waals surface area contributed by atoms with Crippen molar-refractivity contribution in [2.75, 3.05) is 0 Å². The van der Waals surface area contributed by atoms with Gasteiger partial charge in [0.2, 0.25) is 0 Å². The molecular weight excluding hydrogens is 472 g/mol. The van der Waals surface area contributed by atoms with Gasteiger partial charge in [0.1, 0.15) is 6.10 Å². The summed E-state index contributed by atoms with van der Waals surface area (Å²) in [4.78, 5) is 12.0. The van der Waals surface area contributed by atoms with E-state index in [-0.39, 0.29) is 23.2 Å². The third kappa shape index (κ3) is 8.15. The van der Waals surface area contributed by atoms with Crippen LogP contribution in [0.4, 0.5) is 0 Å². The molecule has 202 valence electrons. The molecule has 1 aliphatic rings. The standard InChI is InChI=1S/C33H48O3Si/c1-5-6-7-8-9-10-11-12-13-20-25-31(30-26-27-32(34)35-30)36-37(33(2,3)4,28-21-16-14-17-22-28)29-23-18-15-19-24-29/h14-19,21-24,26-27,30-31H,5-13,20,25H2,1-4H3/t30-,31-/m1/s1. The Morgan fingerprint density at radius 2 is 1.27 bits per heavy atom. The lowest BCUT2D eigenvalue weighted by atomic mass is 10.0. The van der Waals surface area contributed by atoms with Crippen molar-refractivity contribution in [3.05, 3.63) is 72.8 Å². The Labute approximate surface area is 226 Å². The second-order valence-corrected chi connectivity index (χ2v) is 15.8. The van der Waals surface area contributed by atoms with Crippen molar-refractivity contribution in [1.29, 1.82) is 0 Å². The van der Waals surface area contributed by atoms with Crippen LogP contribution >= 0.6 is 0 Å². The molecule has 0 spiro atoms. The van der Waals surface area contributed by atoms with Crippen molar-refractivity contribution < 1.29 is 14.0 Å². The minimum absolute atomic E-state index is 0.113. The lowest BCUT2D eigenvalue weighted by Gasteiger charge is -2.45. The molecule has 0 bridgehead atoms. The number of esters is 1. The summed E-state index contributed by atoms with van der Waals surface area (Å²) in [5.41, 5.74) is 0. The fraction of sp³-hybridized carbons (Fsp3) is 0.545. The van der Waals surface area contributed by atoms with Crippen LogP contribution in [-0.2, 0) is 14.0 Å². The summed E-state index contributed by atoms with van der Waals surface area (Å²) in [7, 11) is -2.72. The number of unbranched alkanes of at least 4 members (excludes halogenated alkanes) is 9. The van der Waals surface area contributed by atoms with Crippen LogP contribution in [0.5, 0.6) is 0 Å². The predicted octanol–water partition coefficient (Wildman–Crippen LogP) is 7.72. The molecule has 0 aliphatic carbocycles. The van der Waals surface area contributed by atoms with Crippen LogP contribution in [0.3, 0.4) is 0 Å². The first-order valence-corrected chi connectivity index (χ1v) is 16.5. The van der Waals surface area contributed by atoms with Gasteiger partial charge in [0.05, 0.1) is 6.10 Å². The van der Waals surface area contributed by atoms with E-state index in [2.05, 4.69) is 88.4 Å². The van der Waals surface area contributed by atoms with Gasteiger partial charge in [-0.3, -0.25) is 0 Å². The zero-order valence-electron chi connectivity index (χ0n) is 23.6. The van der Waals surface area contributed by atoms with Crippen molar-refractivity contribution >= 4 is 24.7 Å². The summed E-state index contributed by atoms with van der Waals surface area (Å²) < 4.78 is 13.1. The third-order valence-corrected chi connectivity index (χ3v) is 12.7. The van der Waals surface area contributed by atoms with Crippen LogP contribution < -0.4 is 10.4 Å². The molecule has 0 N–H and O–H groups in total. The van der Waals surface area contributed by atoms with Gasteiger partial charge in [-0.15, -0.1) is 0 Å². The van der Waals surface area contributed by atoms with Crippen LogP contribution in [0.2, 0.25) is 5.04 Å². The normalized spacial score (nSPS) is 16.6. The van der Waals surface area contributed by atoms with Gasteiger partial charge in [-0.2, -0.15) is 0 Å². The van der Waals surface area contributed by atoms with E-state index >= 15 is 0 Å². The Kier molecular flexibility index (Phi) is 11.7. The van der Waals surface area contributed by atoms with Gasteiger partial charge >= 0.3 is 5.97 Å². The second kappa shape index (κ2) is 14.7. The quantitative estimate of drug-likeness (QED) is 0.129.